The summed E-state index contributed by atoms with van der Waals surface area (Å²) < 4.78 is 49.9. The van der Waals surface area contributed by atoms with Crippen molar-refractivity contribution in [1.82, 2.24) is 0 Å². The molecule has 17 heavy (non-hydrogen) atoms. The number of benzene rings is 1. The molecule has 0 aliphatic rings. The molecule has 0 aliphatic heterocycles. The van der Waals surface area contributed by atoms with Gasteiger partial charge in [0.05, 0.1) is 11.1 Å². The summed E-state index contributed by atoms with van der Waals surface area (Å²) in [6.45, 7) is 3.28. The van der Waals surface area contributed by atoms with Crippen LogP contribution in [0, 0.1) is 17.7 Å². The van der Waals surface area contributed by atoms with Crippen LogP contribution in [0.15, 0.2) is 18.2 Å². The molecular weight excluding hydrogens is 234 g/mol. The lowest BCUT2D eigenvalue weighted by Gasteiger charge is -2.09. The molecule has 0 aromatic heterocycles. The predicted molar refractivity (Wildman–Crippen MR) is 56.5 cm³/mol. The molecule has 0 radical (unpaired) electrons. The van der Waals surface area contributed by atoms with Crippen LogP contribution in [0.5, 0.6) is 0 Å². The highest BCUT2D eigenvalue weighted by molar-refractivity contribution is 5.39. The zero-order chi connectivity index (χ0) is 13.3. The molecule has 0 heterocycles. The van der Waals surface area contributed by atoms with E-state index in [4.69, 9.17) is 5.73 Å². The van der Waals surface area contributed by atoms with E-state index in [0.717, 1.165) is 12.1 Å². The van der Waals surface area contributed by atoms with E-state index >= 15 is 0 Å². The van der Waals surface area contributed by atoms with Gasteiger partial charge in [0.25, 0.3) is 0 Å². The molecular formula is C12H11F4N. The monoisotopic (exact) mass is 245 g/mol. The second kappa shape index (κ2) is 4.38. The van der Waals surface area contributed by atoms with Crippen molar-refractivity contribution < 1.29 is 17.6 Å². The molecule has 1 nitrogen and oxygen atoms in total. The van der Waals surface area contributed by atoms with Crippen LogP contribution in [0.4, 0.5) is 17.6 Å². The summed E-state index contributed by atoms with van der Waals surface area (Å²) in [5.41, 5.74) is 3.66. The molecule has 0 amide bonds. The topological polar surface area (TPSA) is 26.0 Å². The highest BCUT2D eigenvalue weighted by Crippen LogP contribution is 2.31. The Labute approximate surface area is 96.6 Å². The Bertz CT molecular complexity index is 472. The van der Waals surface area contributed by atoms with E-state index in [1.165, 1.54) is 0 Å². The molecule has 5 heteroatoms. The van der Waals surface area contributed by atoms with E-state index in [-0.39, 0.29) is 5.56 Å². The first-order chi connectivity index (χ1) is 7.59. The molecule has 1 rings (SSSR count). The minimum Gasteiger partial charge on any atom is -0.316 e. The Morgan fingerprint density at radius 1 is 1.18 bits per heavy atom. The molecule has 0 bridgehead atoms. The largest absolute Gasteiger partial charge is 0.419 e. The van der Waals surface area contributed by atoms with Crippen LogP contribution < -0.4 is 5.73 Å². The predicted octanol–water partition coefficient (Wildman–Crippen LogP) is 2.93. The second-order valence-electron chi connectivity index (χ2n) is 4.16. The van der Waals surface area contributed by atoms with Crippen LogP contribution in [0.2, 0.25) is 0 Å². The van der Waals surface area contributed by atoms with E-state index in [0.29, 0.717) is 6.07 Å². The smallest absolute Gasteiger partial charge is 0.316 e. The van der Waals surface area contributed by atoms with Gasteiger partial charge in [-0.2, -0.15) is 13.2 Å². The first-order valence-corrected chi connectivity index (χ1v) is 4.78. The van der Waals surface area contributed by atoms with Gasteiger partial charge >= 0.3 is 6.18 Å². The second-order valence-corrected chi connectivity index (χ2v) is 4.16. The van der Waals surface area contributed by atoms with Crippen molar-refractivity contribution in [2.75, 3.05) is 0 Å². The maximum absolute atomic E-state index is 13.1. The average Bonchev–Trinajstić information content (AvgIpc) is 2.11. The van der Waals surface area contributed by atoms with Crippen molar-refractivity contribution in [2.24, 2.45) is 5.73 Å². The molecule has 0 atom stereocenters. The highest BCUT2D eigenvalue weighted by atomic mass is 19.4. The lowest BCUT2D eigenvalue weighted by atomic mass is 10.1. The third-order valence-corrected chi connectivity index (χ3v) is 1.80. The fourth-order valence-electron chi connectivity index (χ4n) is 1.06. The average molecular weight is 245 g/mol. The van der Waals surface area contributed by atoms with Crippen molar-refractivity contribution in [3.05, 3.63) is 35.1 Å². The van der Waals surface area contributed by atoms with E-state index in [2.05, 4.69) is 11.8 Å². The Kier molecular flexibility index (Phi) is 3.48. The van der Waals surface area contributed by atoms with Crippen LogP contribution in [0.1, 0.15) is 25.0 Å². The SMILES string of the molecule is CC(C)(N)C#Cc1ccc(C(F)(F)F)c(F)c1. The Balaban J connectivity index is 3.09. The first kappa shape index (κ1) is 13.5. The summed E-state index contributed by atoms with van der Waals surface area (Å²) in [7, 11) is 0. The maximum atomic E-state index is 13.1. The number of nitrogens with two attached hydrogens (primary N) is 1. The van der Waals surface area contributed by atoms with Crippen LogP contribution in [-0.2, 0) is 6.18 Å². The van der Waals surface area contributed by atoms with Gasteiger partial charge < -0.3 is 5.73 Å². The third-order valence-electron chi connectivity index (χ3n) is 1.80. The zero-order valence-electron chi connectivity index (χ0n) is 9.32. The summed E-state index contributed by atoms with van der Waals surface area (Å²) >= 11 is 0. The van der Waals surface area contributed by atoms with Gasteiger partial charge in [0.15, 0.2) is 0 Å². The summed E-state index contributed by atoms with van der Waals surface area (Å²) in [6.07, 6.45) is -4.69. The van der Waals surface area contributed by atoms with Crippen LogP contribution >= 0.6 is 0 Å². The molecule has 2 N–H and O–H groups in total. The highest BCUT2D eigenvalue weighted by Gasteiger charge is 2.33. The molecule has 0 unspecified atom stereocenters. The van der Waals surface area contributed by atoms with Crippen molar-refractivity contribution in [1.29, 1.82) is 0 Å². The zero-order valence-corrected chi connectivity index (χ0v) is 9.32. The van der Waals surface area contributed by atoms with Gasteiger partial charge in [-0.3, -0.25) is 0 Å². The summed E-state index contributed by atoms with van der Waals surface area (Å²) in [6, 6.07) is 2.54. The number of halogens is 4. The van der Waals surface area contributed by atoms with Gasteiger partial charge in [-0.05, 0) is 32.0 Å². The lowest BCUT2D eigenvalue weighted by molar-refractivity contribution is -0.140. The number of hydrogen-bond donors (Lipinski definition) is 1. The summed E-state index contributed by atoms with van der Waals surface area (Å²) in [4.78, 5) is 0. The van der Waals surface area contributed by atoms with Gasteiger partial charge in [-0.1, -0.05) is 11.8 Å². The van der Waals surface area contributed by atoms with Gasteiger partial charge in [-0.15, -0.1) is 0 Å². The Morgan fingerprint density at radius 3 is 2.18 bits per heavy atom. The van der Waals surface area contributed by atoms with Crippen LogP contribution in [0.3, 0.4) is 0 Å². The van der Waals surface area contributed by atoms with E-state index in [1.807, 2.05) is 0 Å². The fourth-order valence-corrected chi connectivity index (χ4v) is 1.06. The Morgan fingerprint density at radius 2 is 1.76 bits per heavy atom. The first-order valence-electron chi connectivity index (χ1n) is 4.78. The maximum Gasteiger partial charge on any atom is 0.419 e. The van der Waals surface area contributed by atoms with E-state index in [1.54, 1.807) is 13.8 Å². The van der Waals surface area contributed by atoms with Gasteiger partial charge in [0.2, 0.25) is 0 Å². The van der Waals surface area contributed by atoms with Crippen LogP contribution in [-0.4, -0.2) is 5.54 Å². The Hall–Kier alpha value is -1.54. The summed E-state index contributed by atoms with van der Waals surface area (Å²) in [5, 5.41) is 0. The minimum atomic E-state index is -4.69. The molecule has 0 spiro atoms. The summed E-state index contributed by atoms with van der Waals surface area (Å²) in [5.74, 6) is 3.79. The van der Waals surface area contributed by atoms with Crippen molar-refractivity contribution >= 4 is 0 Å². The standard InChI is InChI=1S/C12H11F4N/c1-11(2,17)6-5-8-3-4-9(10(13)7-8)12(14,15)16/h3-4,7H,17H2,1-2H3. The van der Waals surface area contributed by atoms with Crippen molar-refractivity contribution in [2.45, 2.75) is 25.6 Å². The van der Waals surface area contributed by atoms with Crippen molar-refractivity contribution in [3.63, 3.8) is 0 Å². The molecule has 92 valence electrons. The molecule has 0 aliphatic carbocycles. The number of rotatable bonds is 0. The molecule has 0 saturated heterocycles. The molecule has 1 aromatic carbocycles. The third kappa shape index (κ3) is 4.08. The van der Waals surface area contributed by atoms with E-state index < -0.39 is 23.1 Å². The molecule has 1 aromatic rings. The van der Waals surface area contributed by atoms with E-state index in [9.17, 15) is 17.6 Å². The van der Waals surface area contributed by atoms with Crippen molar-refractivity contribution in [3.8, 4) is 11.8 Å². The molecule has 0 fully saturated rings. The quantitative estimate of drug-likeness (QED) is 0.552. The molecule has 0 saturated carbocycles. The van der Waals surface area contributed by atoms with Gasteiger partial charge in [-0.25, -0.2) is 4.39 Å². The van der Waals surface area contributed by atoms with Crippen LogP contribution in [0.25, 0.3) is 0 Å². The lowest BCUT2D eigenvalue weighted by Crippen LogP contribution is -2.29. The van der Waals surface area contributed by atoms with Gasteiger partial charge in [0, 0.05) is 5.56 Å². The number of hydrogen-bond acceptors (Lipinski definition) is 1. The minimum absolute atomic E-state index is 0.161. The normalized spacial score (nSPS) is 11.9. The number of alkyl halides is 3. The fraction of sp³-hybridized carbons (Fsp3) is 0.333. The van der Waals surface area contributed by atoms with Gasteiger partial charge in [0.1, 0.15) is 5.82 Å².